The van der Waals surface area contributed by atoms with Crippen molar-refractivity contribution in [3.63, 3.8) is 0 Å². The Labute approximate surface area is 201 Å². The van der Waals surface area contributed by atoms with Crippen LogP contribution >= 0.6 is 22.6 Å². The van der Waals surface area contributed by atoms with Crippen molar-refractivity contribution in [3.05, 3.63) is 96.2 Å². The van der Waals surface area contributed by atoms with Crippen molar-refractivity contribution in [1.82, 2.24) is 15.2 Å². The van der Waals surface area contributed by atoms with Crippen LogP contribution < -0.4 is 5.32 Å². The number of hydrogen-bond acceptors (Lipinski definition) is 4. The van der Waals surface area contributed by atoms with Gasteiger partial charge in [-0.1, -0.05) is 24.3 Å². The number of hydrogen-bond donors (Lipinski definition) is 1. The van der Waals surface area contributed by atoms with Gasteiger partial charge in [-0.2, -0.15) is 19.0 Å². The third-order valence-electron chi connectivity index (χ3n) is 4.82. The fraction of sp³-hybridized carbons (Fsp3) is 0.0833. The average Bonchev–Trinajstić information content (AvgIpc) is 2.79. The number of benzene rings is 2. The van der Waals surface area contributed by atoms with Gasteiger partial charge in [-0.15, -0.1) is 0 Å². The number of halogens is 4. The molecule has 0 bridgehead atoms. The number of anilines is 1. The summed E-state index contributed by atoms with van der Waals surface area (Å²) in [5.41, 5.74) is 2.69. The molecule has 0 aliphatic carbocycles. The molecule has 0 unspecified atom stereocenters. The number of rotatable bonds is 6. The minimum Gasteiger partial charge on any atom is -0.324 e. The van der Waals surface area contributed by atoms with Crippen molar-refractivity contribution in [3.8, 4) is 22.4 Å². The van der Waals surface area contributed by atoms with Gasteiger partial charge in [0.2, 0.25) is 5.91 Å². The van der Waals surface area contributed by atoms with E-state index in [-0.39, 0.29) is 23.7 Å². The van der Waals surface area contributed by atoms with Gasteiger partial charge in [0.15, 0.2) is 0 Å². The van der Waals surface area contributed by atoms with Gasteiger partial charge in [0.25, 0.3) is 0 Å². The Kier molecular flexibility index (Phi) is 6.68. The molecule has 9 heteroatoms. The van der Waals surface area contributed by atoms with E-state index in [9.17, 15) is 18.0 Å². The van der Waals surface area contributed by atoms with Crippen LogP contribution in [0.5, 0.6) is 0 Å². The van der Waals surface area contributed by atoms with Crippen LogP contribution in [0.2, 0.25) is 0 Å². The Hall–Kier alpha value is -3.34. The van der Waals surface area contributed by atoms with E-state index in [4.69, 9.17) is 0 Å². The van der Waals surface area contributed by atoms with E-state index in [1.165, 1.54) is 36.8 Å². The number of pyridine rings is 1. The van der Waals surface area contributed by atoms with Crippen LogP contribution in [0.3, 0.4) is 0 Å². The second-order valence-electron chi connectivity index (χ2n) is 7.18. The number of carbonyl (C=O) groups is 1. The third-order valence-corrected chi connectivity index (χ3v) is 5.40. The summed E-state index contributed by atoms with van der Waals surface area (Å²) < 4.78 is 38.8. The molecule has 0 aliphatic heterocycles. The van der Waals surface area contributed by atoms with E-state index in [1.54, 1.807) is 42.5 Å². The molecule has 0 fully saturated rings. The van der Waals surface area contributed by atoms with E-state index >= 15 is 0 Å². The molecule has 0 atom stereocenters. The van der Waals surface area contributed by atoms with Crippen LogP contribution in [-0.2, 0) is 15.1 Å². The fourth-order valence-electron chi connectivity index (χ4n) is 3.31. The molecule has 2 aromatic heterocycles. The third kappa shape index (κ3) is 5.72. The minimum absolute atomic E-state index is 0.0970. The predicted octanol–water partition coefficient (Wildman–Crippen LogP) is 6.01. The van der Waals surface area contributed by atoms with E-state index in [1.807, 2.05) is 0 Å². The number of carbonyl (C=O) groups excluding carboxylic acids is 1. The van der Waals surface area contributed by atoms with Gasteiger partial charge >= 0.3 is 3.93 Å². The van der Waals surface area contributed by atoms with Gasteiger partial charge in [-0.3, -0.25) is 9.78 Å². The van der Waals surface area contributed by atoms with Crippen molar-refractivity contribution in [2.24, 2.45) is 0 Å². The molecule has 0 aliphatic rings. The summed E-state index contributed by atoms with van der Waals surface area (Å²) >= 11 is 1.07. The maximum atomic E-state index is 14.3. The van der Waals surface area contributed by atoms with E-state index < -0.39 is 3.93 Å². The van der Waals surface area contributed by atoms with Gasteiger partial charge < -0.3 is 5.32 Å². The molecule has 0 saturated carbocycles. The first-order chi connectivity index (χ1) is 15.8. The van der Waals surface area contributed by atoms with Crippen LogP contribution in [-0.4, -0.2) is 21.1 Å². The Bertz CT molecular complexity index is 1280. The number of aromatic nitrogens is 3. The molecule has 166 valence electrons. The second kappa shape index (κ2) is 9.65. The lowest BCUT2D eigenvalue weighted by Crippen LogP contribution is -2.15. The second-order valence-corrected chi connectivity index (χ2v) is 8.53. The summed E-state index contributed by atoms with van der Waals surface area (Å²) in [5, 5.41) is 10.1. The SMILES string of the molecule is O=C(Cc1ccc(-c2ccnnc2)c(C(F)(F)I)c1)Nc1ccc(-c2cccc(F)c2)nc1. The Morgan fingerprint density at radius 3 is 2.48 bits per heavy atom. The van der Waals surface area contributed by atoms with Crippen molar-refractivity contribution >= 4 is 34.2 Å². The molecule has 1 N–H and O–H groups in total. The first kappa shape index (κ1) is 22.8. The Balaban J connectivity index is 1.49. The van der Waals surface area contributed by atoms with Crippen LogP contribution in [0.25, 0.3) is 22.4 Å². The van der Waals surface area contributed by atoms with Crippen molar-refractivity contribution in [2.45, 2.75) is 10.4 Å². The molecular formula is C24H16F3IN4O. The van der Waals surface area contributed by atoms with Gasteiger partial charge in [-0.25, -0.2) is 4.39 Å². The van der Waals surface area contributed by atoms with Gasteiger partial charge in [0, 0.05) is 39.3 Å². The monoisotopic (exact) mass is 560 g/mol. The summed E-state index contributed by atoms with van der Waals surface area (Å²) in [4.78, 5) is 16.8. The molecular weight excluding hydrogens is 544 g/mol. The largest absolute Gasteiger partial charge is 0.324 e. The molecule has 2 aromatic carbocycles. The van der Waals surface area contributed by atoms with Crippen molar-refractivity contribution in [2.75, 3.05) is 5.32 Å². The zero-order chi connectivity index (χ0) is 23.4. The zero-order valence-electron chi connectivity index (χ0n) is 17.0. The molecule has 0 saturated heterocycles. The highest BCUT2D eigenvalue weighted by atomic mass is 127. The van der Waals surface area contributed by atoms with E-state index in [2.05, 4.69) is 20.5 Å². The normalized spacial score (nSPS) is 11.3. The average molecular weight is 560 g/mol. The van der Waals surface area contributed by atoms with Crippen molar-refractivity contribution < 1.29 is 18.0 Å². The molecule has 4 rings (SSSR count). The number of amides is 1. The highest BCUT2D eigenvalue weighted by Gasteiger charge is 2.31. The quantitative estimate of drug-likeness (QED) is 0.232. The molecule has 0 radical (unpaired) electrons. The number of nitrogens with one attached hydrogen (secondary N) is 1. The fourth-order valence-corrected chi connectivity index (χ4v) is 3.76. The minimum atomic E-state index is -3.14. The number of alkyl halides is 3. The van der Waals surface area contributed by atoms with Crippen molar-refractivity contribution in [1.29, 1.82) is 0 Å². The first-order valence-electron chi connectivity index (χ1n) is 9.78. The summed E-state index contributed by atoms with van der Waals surface area (Å²) in [6, 6.07) is 15.5. The first-order valence-corrected chi connectivity index (χ1v) is 10.9. The maximum Gasteiger partial charge on any atom is 0.322 e. The molecule has 33 heavy (non-hydrogen) atoms. The lowest BCUT2D eigenvalue weighted by atomic mass is 9.98. The van der Waals surface area contributed by atoms with Gasteiger partial charge in [0.05, 0.1) is 36.4 Å². The van der Waals surface area contributed by atoms with Crippen LogP contribution in [0.4, 0.5) is 18.9 Å². The summed E-state index contributed by atoms with van der Waals surface area (Å²) in [6.07, 6.45) is 4.20. The highest BCUT2D eigenvalue weighted by Crippen LogP contribution is 2.41. The molecule has 0 spiro atoms. The highest BCUT2D eigenvalue weighted by molar-refractivity contribution is 14.1. The smallest absolute Gasteiger partial charge is 0.322 e. The van der Waals surface area contributed by atoms with Crippen LogP contribution in [0.1, 0.15) is 11.1 Å². The molecule has 1 amide bonds. The lowest BCUT2D eigenvalue weighted by Gasteiger charge is -2.16. The summed E-state index contributed by atoms with van der Waals surface area (Å²) in [5.74, 6) is -0.745. The lowest BCUT2D eigenvalue weighted by molar-refractivity contribution is -0.115. The molecule has 2 heterocycles. The molecule has 5 nitrogen and oxygen atoms in total. The van der Waals surface area contributed by atoms with Gasteiger partial charge in [-0.05, 0) is 47.5 Å². The van der Waals surface area contributed by atoms with Crippen LogP contribution in [0.15, 0.2) is 79.3 Å². The maximum absolute atomic E-state index is 14.3. The summed E-state index contributed by atoms with van der Waals surface area (Å²) in [7, 11) is 0. The zero-order valence-corrected chi connectivity index (χ0v) is 19.1. The van der Waals surface area contributed by atoms with Crippen LogP contribution in [0, 0.1) is 5.82 Å². The van der Waals surface area contributed by atoms with Gasteiger partial charge in [0.1, 0.15) is 5.82 Å². The Morgan fingerprint density at radius 1 is 0.970 bits per heavy atom. The van der Waals surface area contributed by atoms with E-state index in [0.717, 1.165) is 22.6 Å². The topological polar surface area (TPSA) is 67.8 Å². The summed E-state index contributed by atoms with van der Waals surface area (Å²) in [6.45, 7) is 0. The molecule has 4 aromatic rings. The predicted molar refractivity (Wildman–Crippen MR) is 127 cm³/mol. The Morgan fingerprint density at radius 2 is 1.82 bits per heavy atom. The standard InChI is InChI=1S/C24H16F3IN4O/c25-18-3-1-2-16(12-18)22-7-5-19(14-29-22)32-23(33)11-15-4-6-20(17-8-9-30-31-13-17)21(10-15)24(26,27)28/h1-10,12-14H,11H2,(H,32,33). The number of nitrogens with zero attached hydrogens (tertiary/aromatic N) is 3. The van der Waals surface area contributed by atoms with E-state index in [0.29, 0.717) is 33.6 Å².